The van der Waals surface area contributed by atoms with Crippen LogP contribution in [0, 0.1) is 0 Å². The summed E-state index contributed by atoms with van der Waals surface area (Å²) in [6, 6.07) is 19.7. The summed E-state index contributed by atoms with van der Waals surface area (Å²) in [6.45, 7) is 2.08. The lowest BCUT2D eigenvalue weighted by Gasteiger charge is -2.35. The molecule has 3 aromatic heterocycles. The first-order valence-corrected chi connectivity index (χ1v) is 11.4. The Kier molecular flexibility index (Phi) is 5.88. The second-order valence-corrected chi connectivity index (χ2v) is 8.63. The summed E-state index contributed by atoms with van der Waals surface area (Å²) in [6.07, 6.45) is 5.06. The number of pyridine rings is 2. The number of piperidine rings is 1. The second kappa shape index (κ2) is 9.11. The molecule has 1 saturated heterocycles. The molecule has 1 atom stereocenters. The molecular weight excluding hydrogens is 414 g/mol. The molecule has 0 spiro atoms. The topological polar surface area (TPSA) is 73.0 Å². The molecule has 33 heavy (non-hydrogen) atoms. The Hall–Kier alpha value is -3.58. The van der Waals surface area contributed by atoms with Crippen LogP contribution >= 0.6 is 0 Å². The number of likely N-dealkylation sites (tertiary alicyclic amines) is 1. The third-order valence-corrected chi connectivity index (χ3v) is 6.44. The van der Waals surface area contributed by atoms with E-state index < -0.39 is 0 Å². The third kappa shape index (κ3) is 4.24. The largest absolute Gasteiger partial charge is 0.332 e. The lowest BCUT2D eigenvalue weighted by molar-refractivity contribution is 0.136. The average molecular weight is 442 g/mol. The summed E-state index contributed by atoms with van der Waals surface area (Å²) in [5.41, 5.74) is 2.70. The fourth-order valence-corrected chi connectivity index (χ4v) is 4.68. The van der Waals surface area contributed by atoms with Crippen molar-refractivity contribution in [2.75, 3.05) is 6.54 Å². The molecule has 7 heteroatoms. The van der Waals surface area contributed by atoms with E-state index in [0.717, 1.165) is 49.3 Å². The van der Waals surface area contributed by atoms with Gasteiger partial charge in [0.15, 0.2) is 0 Å². The highest BCUT2D eigenvalue weighted by atomic mass is 16.2. The van der Waals surface area contributed by atoms with Gasteiger partial charge in [0.2, 0.25) is 0 Å². The number of aromatic nitrogens is 4. The Bertz CT molecular complexity index is 1380. The molecule has 0 bridgehead atoms. The van der Waals surface area contributed by atoms with Crippen molar-refractivity contribution < 1.29 is 0 Å². The number of rotatable bonds is 5. The molecule has 4 heterocycles. The predicted molar refractivity (Wildman–Crippen MR) is 128 cm³/mol. The molecule has 0 amide bonds. The van der Waals surface area contributed by atoms with Crippen molar-refractivity contribution in [3.8, 4) is 0 Å². The maximum atomic E-state index is 13.1. The van der Waals surface area contributed by atoms with Gasteiger partial charge in [-0.25, -0.2) is 9.78 Å². The zero-order chi connectivity index (χ0) is 22.8. The van der Waals surface area contributed by atoms with Crippen molar-refractivity contribution >= 4 is 11.0 Å². The fraction of sp³-hybridized carbons (Fsp3) is 0.308. The lowest BCUT2D eigenvalue weighted by Crippen LogP contribution is -2.39. The Labute approximate surface area is 192 Å². The van der Waals surface area contributed by atoms with Crippen LogP contribution in [0.3, 0.4) is 0 Å². The quantitative estimate of drug-likeness (QED) is 0.475. The smallest absolute Gasteiger partial charge is 0.289 e. The van der Waals surface area contributed by atoms with Gasteiger partial charge >= 0.3 is 5.69 Å². The maximum Gasteiger partial charge on any atom is 0.332 e. The Balaban J connectivity index is 1.59. The standard InChI is InChI=1S/C26H27N5O2/c1-29-25(32)21-13-14-22(23-12-6-8-16-30(23)18-20-11-5-7-15-27-20)28-24(21)31(26(29)33)17-19-9-3-2-4-10-19/h2-5,7,9-11,13-15,23H,6,8,12,16-18H2,1H3/t23-/m1/s1. The zero-order valence-electron chi connectivity index (χ0n) is 18.7. The molecule has 0 saturated carbocycles. The van der Waals surface area contributed by atoms with Gasteiger partial charge in [-0.2, -0.15) is 0 Å². The van der Waals surface area contributed by atoms with E-state index in [9.17, 15) is 9.59 Å². The highest BCUT2D eigenvalue weighted by Gasteiger charge is 2.26. The van der Waals surface area contributed by atoms with E-state index in [1.807, 2.05) is 66.9 Å². The monoisotopic (exact) mass is 441 g/mol. The number of nitrogens with zero attached hydrogens (tertiary/aromatic N) is 5. The molecule has 4 aromatic rings. The van der Waals surface area contributed by atoms with Gasteiger partial charge in [-0.05, 0) is 49.2 Å². The van der Waals surface area contributed by atoms with Crippen LogP contribution in [-0.2, 0) is 20.1 Å². The normalized spacial score (nSPS) is 16.8. The Morgan fingerprint density at radius 2 is 1.76 bits per heavy atom. The molecule has 7 nitrogen and oxygen atoms in total. The van der Waals surface area contributed by atoms with Crippen LogP contribution in [-0.4, -0.2) is 30.5 Å². The van der Waals surface area contributed by atoms with E-state index >= 15 is 0 Å². The van der Waals surface area contributed by atoms with Crippen LogP contribution in [0.1, 0.15) is 42.3 Å². The van der Waals surface area contributed by atoms with Crippen molar-refractivity contribution in [3.63, 3.8) is 0 Å². The summed E-state index contributed by atoms with van der Waals surface area (Å²) in [7, 11) is 1.52. The van der Waals surface area contributed by atoms with Gasteiger partial charge in [-0.3, -0.25) is 23.8 Å². The molecule has 1 aliphatic rings. The van der Waals surface area contributed by atoms with Gasteiger partial charge in [0.1, 0.15) is 5.65 Å². The molecule has 1 fully saturated rings. The molecule has 0 aliphatic carbocycles. The molecule has 168 valence electrons. The van der Waals surface area contributed by atoms with Gasteiger partial charge < -0.3 is 0 Å². The van der Waals surface area contributed by atoms with Crippen LogP contribution in [0.2, 0.25) is 0 Å². The number of fused-ring (bicyclic) bond motifs is 1. The van der Waals surface area contributed by atoms with Crippen LogP contribution in [0.4, 0.5) is 0 Å². The number of benzene rings is 1. The Morgan fingerprint density at radius 3 is 2.55 bits per heavy atom. The highest BCUT2D eigenvalue weighted by Crippen LogP contribution is 2.31. The van der Waals surface area contributed by atoms with Gasteiger partial charge in [0, 0.05) is 19.8 Å². The van der Waals surface area contributed by atoms with Gasteiger partial charge in [-0.1, -0.05) is 42.8 Å². The van der Waals surface area contributed by atoms with E-state index in [-0.39, 0.29) is 17.3 Å². The van der Waals surface area contributed by atoms with Crippen LogP contribution < -0.4 is 11.2 Å². The average Bonchev–Trinajstić information content (AvgIpc) is 2.86. The fourth-order valence-electron chi connectivity index (χ4n) is 4.68. The second-order valence-electron chi connectivity index (χ2n) is 8.63. The minimum absolute atomic E-state index is 0.120. The molecule has 1 aliphatic heterocycles. The molecule has 1 aromatic carbocycles. The van der Waals surface area contributed by atoms with Gasteiger partial charge in [-0.15, -0.1) is 0 Å². The minimum atomic E-state index is -0.352. The van der Waals surface area contributed by atoms with Crippen LogP contribution in [0.5, 0.6) is 0 Å². The first-order valence-electron chi connectivity index (χ1n) is 11.4. The van der Waals surface area contributed by atoms with E-state index in [1.54, 1.807) is 4.57 Å². The number of hydrogen-bond acceptors (Lipinski definition) is 5. The van der Waals surface area contributed by atoms with Gasteiger partial charge in [0.25, 0.3) is 5.56 Å². The Morgan fingerprint density at radius 1 is 0.939 bits per heavy atom. The summed E-state index contributed by atoms with van der Waals surface area (Å²) in [5, 5.41) is 0.462. The van der Waals surface area contributed by atoms with E-state index in [4.69, 9.17) is 4.98 Å². The van der Waals surface area contributed by atoms with Crippen molar-refractivity contribution in [1.29, 1.82) is 0 Å². The van der Waals surface area contributed by atoms with Crippen molar-refractivity contribution in [2.24, 2.45) is 7.05 Å². The van der Waals surface area contributed by atoms with Crippen molar-refractivity contribution in [1.82, 2.24) is 24.0 Å². The van der Waals surface area contributed by atoms with E-state index in [1.165, 1.54) is 11.6 Å². The highest BCUT2D eigenvalue weighted by molar-refractivity contribution is 5.74. The van der Waals surface area contributed by atoms with E-state index in [0.29, 0.717) is 17.6 Å². The third-order valence-electron chi connectivity index (χ3n) is 6.44. The first-order chi connectivity index (χ1) is 16.1. The summed E-state index contributed by atoms with van der Waals surface area (Å²) in [4.78, 5) is 37.7. The molecule has 0 N–H and O–H groups in total. The molecule has 0 radical (unpaired) electrons. The van der Waals surface area contributed by atoms with Gasteiger partial charge in [0.05, 0.1) is 29.4 Å². The number of hydrogen-bond donors (Lipinski definition) is 0. The maximum absolute atomic E-state index is 13.1. The molecule has 5 rings (SSSR count). The molecular formula is C26H27N5O2. The van der Waals surface area contributed by atoms with Crippen LogP contribution in [0.15, 0.2) is 76.4 Å². The van der Waals surface area contributed by atoms with Crippen LogP contribution in [0.25, 0.3) is 11.0 Å². The van der Waals surface area contributed by atoms with Crippen molar-refractivity contribution in [3.05, 3.63) is 105 Å². The zero-order valence-corrected chi connectivity index (χ0v) is 18.7. The molecule has 0 unspecified atom stereocenters. The van der Waals surface area contributed by atoms with E-state index in [2.05, 4.69) is 9.88 Å². The predicted octanol–water partition coefficient (Wildman–Crippen LogP) is 3.27. The SMILES string of the molecule is Cn1c(=O)c2ccc([C@H]3CCCCN3Cc3ccccn3)nc2n(Cc2ccccc2)c1=O. The minimum Gasteiger partial charge on any atom is -0.289 e. The lowest BCUT2D eigenvalue weighted by atomic mass is 9.98. The van der Waals surface area contributed by atoms with Crippen molar-refractivity contribution in [2.45, 2.75) is 38.4 Å². The summed E-state index contributed by atoms with van der Waals surface area (Å²) >= 11 is 0. The summed E-state index contributed by atoms with van der Waals surface area (Å²) < 4.78 is 2.78. The first kappa shape index (κ1) is 21.3. The summed E-state index contributed by atoms with van der Waals surface area (Å²) in [5.74, 6) is 0.